The molecule has 0 atom stereocenters. The molecule has 4 nitrogen and oxygen atoms in total. The van der Waals surface area contributed by atoms with E-state index in [1.54, 1.807) is 19.1 Å². The summed E-state index contributed by atoms with van der Waals surface area (Å²) in [4.78, 5) is 19.6. The smallest absolute Gasteiger partial charge is 0.376 e. The first-order valence-corrected chi connectivity index (χ1v) is 6.57. The highest BCUT2D eigenvalue weighted by molar-refractivity contribution is 9.10. The van der Waals surface area contributed by atoms with Gasteiger partial charge in [-0.1, -0.05) is 23.2 Å². The first-order valence-electron chi connectivity index (χ1n) is 5.02. The van der Waals surface area contributed by atoms with E-state index in [0.29, 0.717) is 20.4 Å². The number of nitrogens with zero attached hydrogens (tertiary/aromatic N) is 2. The van der Waals surface area contributed by atoms with Crippen molar-refractivity contribution in [3.63, 3.8) is 0 Å². The van der Waals surface area contributed by atoms with Crippen molar-refractivity contribution in [2.24, 2.45) is 0 Å². The lowest BCUT2D eigenvalue weighted by Gasteiger charge is -2.06. The van der Waals surface area contributed by atoms with Crippen molar-refractivity contribution in [3.8, 4) is 0 Å². The second-order valence-electron chi connectivity index (χ2n) is 3.34. The van der Waals surface area contributed by atoms with Crippen LogP contribution in [-0.4, -0.2) is 22.5 Å². The van der Waals surface area contributed by atoms with Crippen LogP contribution in [0.4, 0.5) is 0 Å². The number of hydrogen-bond acceptors (Lipinski definition) is 4. The van der Waals surface area contributed by atoms with Crippen LogP contribution in [0.1, 0.15) is 17.5 Å². The third-order valence-electron chi connectivity index (χ3n) is 2.13. The molecule has 2 rings (SSSR count). The SMILES string of the molecule is CCOC(=O)c1nc(Cl)c2cc(Cl)cc(Br)c2n1. The predicted octanol–water partition coefficient (Wildman–Crippen LogP) is 3.88. The molecule has 0 aliphatic heterocycles. The van der Waals surface area contributed by atoms with Gasteiger partial charge in [0.1, 0.15) is 5.15 Å². The van der Waals surface area contributed by atoms with E-state index in [9.17, 15) is 4.79 Å². The number of ether oxygens (including phenoxy) is 1. The van der Waals surface area contributed by atoms with E-state index >= 15 is 0 Å². The third-order valence-corrected chi connectivity index (χ3v) is 3.24. The number of hydrogen-bond donors (Lipinski definition) is 0. The zero-order valence-corrected chi connectivity index (χ0v) is 12.3. The van der Waals surface area contributed by atoms with Crippen LogP contribution in [0, 0.1) is 0 Å². The van der Waals surface area contributed by atoms with Crippen molar-refractivity contribution in [1.29, 1.82) is 0 Å². The van der Waals surface area contributed by atoms with Crippen LogP contribution < -0.4 is 0 Å². The molecule has 0 amide bonds. The Morgan fingerprint density at radius 1 is 1.39 bits per heavy atom. The first-order chi connectivity index (χ1) is 8.52. The molecule has 0 fully saturated rings. The Morgan fingerprint density at radius 2 is 2.11 bits per heavy atom. The predicted molar refractivity (Wildman–Crippen MR) is 73.2 cm³/mol. The van der Waals surface area contributed by atoms with Crippen LogP contribution in [0.5, 0.6) is 0 Å². The quantitative estimate of drug-likeness (QED) is 0.610. The van der Waals surface area contributed by atoms with E-state index in [1.807, 2.05) is 0 Å². The maximum atomic E-state index is 11.6. The van der Waals surface area contributed by atoms with Gasteiger partial charge < -0.3 is 4.74 Å². The number of fused-ring (bicyclic) bond motifs is 1. The Labute approximate surface area is 121 Å². The van der Waals surface area contributed by atoms with Crippen molar-refractivity contribution >= 4 is 56.0 Å². The van der Waals surface area contributed by atoms with Gasteiger partial charge in [-0.25, -0.2) is 14.8 Å². The molecule has 94 valence electrons. The van der Waals surface area contributed by atoms with E-state index in [0.717, 1.165) is 0 Å². The summed E-state index contributed by atoms with van der Waals surface area (Å²) in [6.07, 6.45) is 0. The molecule has 0 aliphatic rings. The number of esters is 1. The largest absolute Gasteiger partial charge is 0.460 e. The van der Waals surface area contributed by atoms with Gasteiger partial charge in [-0.3, -0.25) is 0 Å². The summed E-state index contributed by atoms with van der Waals surface area (Å²) >= 11 is 15.2. The summed E-state index contributed by atoms with van der Waals surface area (Å²) in [5, 5.41) is 1.24. The summed E-state index contributed by atoms with van der Waals surface area (Å²) in [7, 11) is 0. The van der Waals surface area contributed by atoms with E-state index in [2.05, 4.69) is 25.9 Å². The average molecular weight is 350 g/mol. The number of aromatic nitrogens is 2. The number of rotatable bonds is 2. The molecule has 0 N–H and O–H groups in total. The topological polar surface area (TPSA) is 52.1 Å². The Morgan fingerprint density at radius 3 is 2.78 bits per heavy atom. The second-order valence-corrected chi connectivity index (χ2v) is 4.99. The molecule has 1 aromatic heterocycles. The summed E-state index contributed by atoms with van der Waals surface area (Å²) < 4.78 is 5.47. The van der Waals surface area contributed by atoms with Crippen LogP contribution in [-0.2, 0) is 4.74 Å². The maximum Gasteiger partial charge on any atom is 0.376 e. The van der Waals surface area contributed by atoms with E-state index in [1.165, 1.54) is 0 Å². The van der Waals surface area contributed by atoms with Crippen LogP contribution >= 0.6 is 39.1 Å². The average Bonchev–Trinajstić information content (AvgIpc) is 2.30. The minimum absolute atomic E-state index is 0.0719. The lowest BCUT2D eigenvalue weighted by molar-refractivity contribution is 0.0512. The number of carbonyl (C=O) groups excluding carboxylic acids is 1. The second kappa shape index (κ2) is 5.38. The van der Waals surface area contributed by atoms with Crippen LogP contribution in [0.15, 0.2) is 16.6 Å². The fourth-order valence-corrected chi connectivity index (χ4v) is 2.53. The van der Waals surface area contributed by atoms with E-state index in [4.69, 9.17) is 27.9 Å². The van der Waals surface area contributed by atoms with Gasteiger partial charge in [-0.05, 0) is 35.0 Å². The van der Waals surface area contributed by atoms with Gasteiger partial charge in [0.2, 0.25) is 5.82 Å². The van der Waals surface area contributed by atoms with Crippen molar-refractivity contribution in [1.82, 2.24) is 9.97 Å². The lowest BCUT2D eigenvalue weighted by Crippen LogP contribution is -2.10. The molecular weight excluding hydrogens is 343 g/mol. The molecule has 0 bridgehead atoms. The van der Waals surface area contributed by atoms with Gasteiger partial charge >= 0.3 is 5.97 Å². The monoisotopic (exact) mass is 348 g/mol. The van der Waals surface area contributed by atoms with Crippen molar-refractivity contribution < 1.29 is 9.53 Å². The Bertz CT molecular complexity index is 634. The molecular formula is C11H7BrCl2N2O2. The minimum atomic E-state index is -0.608. The van der Waals surface area contributed by atoms with Crippen molar-refractivity contribution in [2.75, 3.05) is 6.61 Å². The van der Waals surface area contributed by atoms with E-state index < -0.39 is 5.97 Å². The van der Waals surface area contributed by atoms with Gasteiger partial charge in [0.25, 0.3) is 0 Å². The summed E-state index contributed by atoms with van der Waals surface area (Å²) in [5.41, 5.74) is 0.516. The molecule has 0 spiro atoms. The number of benzene rings is 1. The zero-order valence-electron chi connectivity index (χ0n) is 9.21. The van der Waals surface area contributed by atoms with Crippen LogP contribution in [0.25, 0.3) is 10.9 Å². The fraction of sp³-hybridized carbons (Fsp3) is 0.182. The summed E-state index contributed by atoms with van der Waals surface area (Å²) in [6, 6.07) is 3.31. The molecule has 0 saturated carbocycles. The van der Waals surface area contributed by atoms with Gasteiger partial charge in [0, 0.05) is 14.9 Å². The zero-order chi connectivity index (χ0) is 13.3. The van der Waals surface area contributed by atoms with Crippen molar-refractivity contribution in [3.05, 3.63) is 32.6 Å². The van der Waals surface area contributed by atoms with Crippen LogP contribution in [0.3, 0.4) is 0 Å². The minimum Gasteiger partial charge on any atom is -0.460 e. The molecule has 0 saturated heterocycles. The van der Waals surface area contributed by atoms with Gasteiger partial charge in [-0.15, -0.1) is 0 Å². The molecule has 1 aromatic carbocycles. The number of halogens is 3. The number of carbonyl (C=O) groups is 1. The fourth-order valence-electron chi connectivity index (χ4n) is 1.41. The summed E-state index contributed by atoms with van der Waals surface area (Å²) in [6.45, 7) is 1.95. The molecule has 0 aliphatic carbocycles. The van der Waals surface area contributed by atoms with Gasteiger partial charge in [0.15, 0.2) is 0 Å². The van der Waals surface area contributed by atoms with Gasteiger partial charge in [0.05, 0.1) is 12.1 Å². The molecule has 0 radical (unpaired) electrons. The standard InChI is InChI=1S/C11H7BrCl2N2O2/c1-2-18-11(17)10-15-8-6(9(14)16-10)3-5(13)4-7(8)12/h3-4H,2H2,1H3. The summed E-state index contributed by atoms with van der Waals surface area (Å²) in [5.74, 6) is -0.680. The Hall–Kier alpha value is -0.910. The molecule has 18 heavy (non-hydrogen) atoms. The highest BCUT2D eigenvalue weighted by atomic mass is 79.9. The lowest BCUT2D eigenvalue weighted by atomic mass is 10.2. The molecule has 0 unspecified atom stereocenters. The van der Waals surface area contributed by atoms with Gasteiger partial charge in [-0.2, -0.15) is 0 Å². The third kappa shape index (κ3) is 2.58. The first kappa shape index (κ1) is 13.5. The van der Waals surface area contributed by atoms with E-state index in [-0.39, 0.29) is 17.6 Å². The van der Waals surface area contributed by atoms with Crippen molar-refractivity contribution in [2.45, 2.75) is 6.92 Å². The maximum absolute atomic E-state index is 11.6. The van der Waals surface area contributed by atoms with Crippen LogP contribution in [0.2, 0.25) is 10.2 Å². The molecule has 2 aromatic rings. The highest BCUT2D eigenvalue weighted by Gasteiger charge is 2.16. The Kier molecular flexibility index (Phi) is 4.04. The molecule has 7 heteroatoms. The Balaban J connectivity index is 2.65. The highest BCUT2D eigenvalue weighted by Crippen LogP contribution is 2.30. The molecule has 1 heterocycles. The normalized spacial score (nSPS) is 10.7.